The van der Waals surface area contributed by atoms with Crippen molar-refractivity contribution in [2.45, 2.75) is 0 Å². The van der Waals surface area contributed by atoms with Crippen molar-refractivity contribution in [3.8, 4) is 5.75 Å². The fourth-order valence-corrected chi connectivity index (χ4v) is 1.28. The molecule has 0 saturated heterocycles. The summed E-state index contributed by atoms with van der Waals surface area (Å²) in [5.74, 6) is -0.713. The molecule has 0 heterocycles. The summed E-state index contributed by atoms with van der Waals surface area (Å²) in [6.07, 6.45) is 0. The lowest BCUT2D eigenvalue weighted by Gasteiger charge is -2.09. The van der Waals surface area contributed by atoms with Gasteiger partial charge in [0, 0.05) is 0 Å². The number of carboxylic acid groups (broad SMARTS) is 1. The second-order valence-electron chi connectivity index (χ2n) is 2.31. The van der Waals surface area contributed by atoms with Gasteiger partial charge >= 0.3 is 14.6 Å². The zero-order valence-corrected chi connectivity index (χ0v) is 8.05. The van der Waals surface area contributed by atoms with Crippen LogP contribution in [-0.2, 0) is 9.32 Å². The number of hydrogen-bond donors (Lipinski definition) is 2. The molecule has 0 radical (unpaired) electrons. The Bertz CT molecular complexity index is 289. The highest BCUT2D eigenvalue weighted by Crippen LogP contribution is 2.34. The topological polar surface area (TPSA) is 76.0 Å². The van der Waals surface area contributed by atoms with Crippen molar-refractivity contribution in [3.05, 3.63) is 30.3 Å². The van der Waals surface area contributed by atoms with Crippen LogP contribution in [0.1, 0.15) is 0 Å². The summed E-state index contributed by atoms with van der Waals surface area (Å²) >= 11 is 0. The molecule has 0 aromatic heterocycles. The third-order valence-corrected chi connectivity index (χ3v) is 1.94. The summed E-state index contributed by atoms with van der Waals surface area (Å²) in [5, 5.41) is 8.25. The Hall–Kier alpha value is -1.16. The fraction of sp³-hybridized carbons (Fsp3) is 0.125. The highest BCUT2D eigenvalue weighted by Gasteiger charge is 2.10. The van der Waals surface area contributed by atoms with Crippen LogP contribution in [-0.4, -0.2) is 22.6 Å². The number of aliphatic carboxylic acids is 1. The van der Waals surface area contributed by atoms with Crippen molar-refractivity contribution in [1.29, 1.82) is 0 Å². The van der Waals surface area contributed by atoms with Crippen LogP contribution in [0, 0.1) is 0 Å². The van der Waals surface area contributed by atoms with Crippen LogP contribution in [0.15, 0.2) is 30.3 Å². The Kier molecular flexibility index (Phi) is 4.32. The molecule has 0 aliphatic heterocycles. The second-order valence-corrected chi connectivity index (χ2v) is 3.23. The molecule has 5 nitrogen and oxygen atoms in total. The largest absolute Gasteiger partial charge is 0.480 e. The molecule has 0 saturated carbocycles. The molecule has 1 aromatic carbocycles. The molecule has 1 atom stereocenters. The zero-order valence-electron chi connectivity index (χ0n) is 7.16. The maximum Gasteiger partial charge on any atom is 0.394 e. The number of benzene rings is 1. The molecule has 2 N–H and O–H groups in total. The first-order chi connectivity index (χ1) is 6.68. The first-order valence-corrected chi connectivity index (χ1v) is 4.88. The van der Waals surface area contributed by atoms with E-state index >= 15 is 0 Å². The number of carbonyl (C=O) groups is 1. The summed E-state index contributed by atoms with van der Waals surface area (Å²) < 4.78 is 9.41. The van der Waals surface area contributed by atoms with Gasteiger partial charge in [-0.3, -0.25) is 4.52 Å². The molecule has 0 spiro atoms. The predicted molar refractivity (Wildman–Crippen MR) is 49.8 cm³/mol. The minimum atomic E-state index is -2.17. The number of hydrogen-bond acceptors (Lipinski definition) is 4. The van der Waals surface area contributed by atoms with Crippen LogP contribution in [0.2, 0.25) is 0 Å². The summed E-state index contributed by atoms with van der Waals surface area (Å²) in [5.41, 5.74) is 0. The van der Waals surface area contributed by atoms with Crippen molar-refractivity contribution in [2.24, 2.45) is 0 Å². The number of carboxylic acids is 1. The minimum Gasteiger partial charge on any atom is -0.480 e. The van der Waals surface area contributed by atoms with Gasteiger partial charge in [0.1, 0.15) is 5.75 Å². The van der Waals surface area contributed by atoms with Gasteiger partial charge < -0.3 is 14.5 Å². The van der Waals surface area contributed by atoms with Crippen molar-refractivity contribution in [1.82, 2.24) is 0 Å². The Morgan fingerprint density at radius 3 is 2.57 bits per heavy atom. The zero-order chi connectivity index (χ0) is 10.4. The predicted octanol–water partition coefficient (Wildman–Crippen LogP) is 1.39. The molecule has 1 rings (SSSR count). The van der Waals surface area contributed by atoms with Gasteiger partial charge in [0.05, 0.1) is 0 Å². The van der Waals surface area contributed by atoms with Gasteiger partial charge in [-0.15, -0.1) is 0 Å². The quantitative estimate of drug-likeness (QED) is 0.727. The van der Waals surface area contributed by atoms with Gasteiger partial charge in [-0.05, 0) is 12.1 Å². The smallest absolute Gasteiger partial charge is 0.394 e. The molecule has 0 aliphatic rings. The van der Waals surface area contributed by atoms with Crippen molar-refractivity contribution < 1.29 is 23.8 Å². The van der Waals surface area contributed by atoms with E-state index in [1.807, 2.05) is 0 Å². The third-order valence-electron chi connectivity index (χ3n) is 1.23. The lowest BCUT2D eigenvalue weighted by atomic mass is 10.3. The van der Waals surface area contributed by atoms with E-state index in [-0.39, 0.29) is 0 Å². The van der Waals surface area contributed by atoms with Gasteiger partial charge in [0.25, 0.3) is 0 Å². The normalized spacial score (nSPS) is 12.1. The van der Waals surface area contributed by atoms with E-state index in [1.165, 1.54) is 0 Å². The van der Waals surface area contributed by atoms with E-state index in [1.54, 1.807) is 30.3 Å². The Morgan fingerprint density at radius 1 is 1.36 bits per heavy atom. The maximum atomic E-state index is 10.1. The Balaban J connectivity index is 2.34. The molecule has 0 amide bonds. The minimum absolute atomic E-state index is 0.437. The second kappa shape index (κ2) is 5.54. The first-order valence-electron chi connectivity index (χ1n) is 3.75. The van der Waals surface area contributed by atoms with Gasteiger partial charge in [0.2, 0.25) is 0 Å². The van der Waals surface area contributed by atoms with Gasteiger partial charge in [-0.2, -0.15) is 0 Å². The highest BCUT2D eigenvalue weighted by molar-refractivity contribution is 7.41. The SMILES string of the molecule is O=C(O)COP(O)Oc1ccccc1. The van der Waals surface area contributed by atoms with Gasteiger partial charge in [-0.1, -0.05) is 18.2 Å². The Labute approximate surface area is 81.9 Å². The Morgan fingerprint density at radius 2 is 2.00 bits per heavy atom. The van der Waals surface area contributed by atoms with Crippen LogP contribution >= 0.6 is 8.60 Å². The van der Waals surface area contributed by atoms with Crippen molar-refractivity contribution >= 4 is 14.6 Å². The van der Waals surface area contributed by atoms with Gasteiger partial charge in [0.15, 0.2) is 6.61 Å². The van der Waals surface area contributed by atoms with Crippen molar-refractivity contribution in [3.63, 3.8) is 0 Å². The number of rotatable bonds is 5. The monoisotopic (exact) mass is 216 g/mol. The molecule has 0 aliphatic carbocycles. The average molecular weight is 216 g/mol. The molecule has 6 heteroatoms. The summed E-state index contributed by atoms with van der Waals surface area (Å²) in [6, 6.07) is 8.53. The number of para-hydroxylation sites is 1. The summed E-state index contributed by atoms with van der Waals surface area (Å²) in [4.78, 5) is 19.2. The standard InChI is InChI=1S/C8H9O5P/c9-8(10)6-12-14(11)13-7-4-2-1-3-5-7/h1-5,11H,6H2,(H,9,10). The average Bonchev–Trinajstić information content (AvgIpc) is 2.16. The van der Waals surface area contributed by atoms with Crippen molar-refractivity contribution in [2.75, 3.05) is 6.61 Å². The lowest BCUT2D eigenvalue weighted by Crippen LogP contribution is -2.05. The van der Waals surface area contributed by atoms with E-state index < -0.39 is 21.2 Å². The molecule has 14 heavy (non-hydrogen) atoms. The molecule has 0 bridgehead atoms. The van der Waals surface area contributed by atoms with E-state index in [4.69, 9.17) is 14.5 Å². The van der Waals surface area contributed by atoms with E-state index in [9.17, 15) is 4.79 Å². The van der Waals surface area contributed by atoms with Crippen LogP contribution < -0.4 is 4.52 Å². The van der Waals surface area contributed by atoms with Crippen LogP contribution in [0.4, 0.5) is 0 Å². The molecular weight excluding hydrogens is 207 g/mol. The molecule has 1 unspecified atom stereocenters. The van der Waals surface area contributed by atoms with E-state index in [0.717, 1.165) is 0 Å². The first kappa shape index (κ1) is 10.9. The third kappa shape index (κ3) is 4.18. The van der Waals surface area contributed by atoms with Crippen LogP contribution in [0.25, 0.3) is 0 Å². The molecule has 1 aromatic rings. The van der Waals surface area contributed by atoms with E-state index in [0.29, 0.717) is 5.75 Å². The molecule has 76 valence electrons. The highest BCUT2D eigenvalue weighted by atomic mass is 31.2. The summed E-state index contributed by atoms with van der Waals surface area (Å²) in [6.45, 7) is -0.574. The lowest BCUT2D eigenvalue weighted by molar-refractivity contribution is -0.139. The maximum absolute atomic E-state index is 10.1. The van der Waals surface area contributed by atoms with E-state index in [2.05, 4.69) is 4.52 Å². The van der Waals surface area contributed by atoms with Crippen LogP contribution in [0.3, 0.4) is 0 Å². The van der Waals surface area contributed by atoms with Gasteiger partial charge in [-0.25, -0.2) is 4.79 Å². The van der Waals surface area contributed by atoms with Crippen LogP contribution in [0.5, 0.6) is 5.75 Å². The summed E-state index contributed by atoms with van der Waals surface area (Å²) in [7, 11) is -2.17. The fourth-order valence-electron chi connectivity index (χ4n) is 0.708. The molecule has 0 fully saturated rings. The molecular formula is C8H9O5P.